The predicted octanol–water partition coefficient (Wildman–Crippen LogP) is 2.35. The summed E-state index contributed by atoms with van der Waals surface area (Å²) in [7, 11) is 4.08. The van der Waals surface area contributed by atoms with Gasteiger partial charge in [-0.2, -0.15) is 0 Å². The quantitative estimate of drug-likeness (QED) is 0.795. The van der Waals surface area contributed by atoms with E-state index in [1.165, 1.54) is 0 Å². The van der Waals surface area contributed by atoms with Gasteiger partial charge in [-0.15, -0.1) is 0 Å². The maximum absolute atomic E-state index is 12.0. The van der Waals surface area contributed by atoms with Crippen molar-refractivity contribution in [2.75, 3.05) is 40.3 Å². The molecule has 0 aliphatic carbocycles. The zero-order valence-electron chi connectivity index (χ0n) is 13.9. The third kappa shape index (κ3) is 6.09. The van der Waals surface area contributed by atoms with Gasteiger partial charge in [0, 0.05) is 19.6 Å². The average Bonchev–Trinajstić information content (AvgIpc) is 2.26. The molecule has 0 aromatic heterocycles. The van der Waals surface area contributed by atoms with E-state index >= 15 is 0 Å². The SMILES string of the molecule is CN(C)CCOC1(C)CCN(C(=O)OC(C)(C)C)CC1. The number of hydrogen-bond donors (Lipinski definition) is 0. The largest absolute Gasteiger partial charge is 0.444 e. The molecule has 1 saturated heterocycles. The summed E-state index contributed by atoms with van der Waals surface area (Å²) in [6.07, 6.45) is 1.51. The minimum atomic E-state index is -0.431. The number of likely N-dealkylation sites (N-methyl/N-ethyl adjacent to an activating group) is 1. The molecule has 118 valence electrons. The van der Waals surface area contributed by atoms with Gasteiger partial charge in [0.2, 0.25) is 0 Å². The van der Waals surface area contributed by atoms with E-state index in [9.17, 15) is 4.79 Å². The van der Waals surface area contributed by atoms with Crippen molar-refractivity contribution in [3.05, 3.63) is 0 Å². The molecular weight excluding hydrogens is 256 g/mol. The Balaban J connectivity index is 2.36. The first-order chi connectivity index (χ1) is 9.11. The molecule has 0 saturated carbocycles. The van der Waals surface area contributed by atoms with Crippen molar-refractivity contribution in [2.24, 2.45) is 0 Å². The van der Waals surface area contributed by atoms with Crippen LogP contribution >= 0.6 is 0 Å². The van der Waals surface area contributed by atoms with Gasteiger partial charge in [-0.05, 0) is 54.6 Å². The molecule has 20 heavy (non-hydrogen) atoms. The second kappa shape index (κ2) is 6.76. The Bertz CT molecular complexity index is 316. The maximum Gasteiger partial charge on any atom is 0.410 e. The molecule has 0 bridgehead atoms. The summed E-state index contributed by atoms with van der Waals surface area (Å²) in [6.45, 7) is 10.9. The molecule has 1 aliphatic rings. The number of nitrogens with zero attached hydrogens (tertiary/aromatic N) is 2. The number of carbonyl (C=O) groups is 1. The smallest absolute Gasteiger partial charge is 0.410 e. The second-order valence-corrected chi connectivity index (χ2v) is 7.07. The van der Waals surface area contributed by atoms with Gasteiger partial charge in [0.05, 0.1) is 12.2 Å². The standard InChI is InChI=1S/C15H30N2O3/c1-14(2,3)20-13(18)17-9-7-15(4,8-10-17)19-12-11-16(5)6/h7-12H2,1-6H3. The molecule has 0 N–H and O–H groups in total. The predicted molar refractivity (Wildman–Crippen MR) is 80.0 cm³/mol. The van der Waals surface area contributed by atoms with Gasteiger partial charge < -0.3 is 19.3 Å². The zero-order valence-corrected chi connectivity index (χ0v) is 13.9. The van der Waals surface area contributed by atoms with Crippen LogP contribution in [0, 0.1) is 0 Å². The lowest BCUT2D eigenvalue weighted by Crippen LogP contribution is -2.48. The van der Waals surface area contributed by atoms with E-state index < -0.39 is 5.60 Å². The summed E-state index contributed by atoms with van der Waals surface area (Å²) in [5.74, 6) is 0. The number of likely N-dealkylation sites (tertiary alicyclic amines) is 1. The first kappa shape index (κ1) is 17.2. The van der Waals surface area contributed by atoms with Crippen LogP contribution in [0.4, 0.5) is 4.79 Å². The summed E-state index contributed by atoms with van der Waals surface area (Å²) in [5, 5.41) is 0. The molecule has 5 nitrogen and oxygen atoms in total. The van der Waals surface area contributed by atoms with Gasteiger partial charge in [-0.25, -0.2) is 4.79 Å². The van der Waals surface area contributed by atoms with Crippen LogP contribution in [-0.4, -0.2) is 67.4 Å². The minimum Gasteiger partial charge on any atom is -0.444 e. The van der Waals surface area contributed by atoms with E-state index in [0.29, 0.717) is 13.1 Å². The Morgan fingerprint density at radius 2 is 1.80 bits per heavy atom. The summed E-state index contributed by atoms with van der Waals surface area (Å²) in [6, 6.07) is 0. The molecule has 0 atom stereocenters. The fraction of sp³-hybridized carbons (Fsp3) is 0.933. The van der Waals surface area contributed by atoms with Crippen LogP contribution in [0.15, 0.2) is 0 Å². The lowest BCUT2D eigenvalue weighted by atomic mass is 9.93. The third-order valence-electron chi connectivity index (χ3n) is 3.46. The van der Waals surface area contributed by atoms with Gasteiger partial charge in [-0.1, -0.05) is 0 Å². The summed E-state index contributed by atoms with van der Waals surface area (Å²) in [5.41, 5.74) is -0.547. The molecule has 0 aromatic rings. The first-order valence-electron chi connectivity index (χ1n) is 7.38. The fourth-order valence-electron chi connectivity index (χ4n) is 2.11. The number of hydrogen-bond acceptors (Lipinski definition) is 4. The third-order valence-corrected chi connectivity index (χ3v) is 3.46. The lowest BCUT2D eigenvalue weighted by molar-refractivity contribution is -0.0751. The molecular formula is C15H30N2O3. The van der Waals surface area contributed by atoms with Crippen molar-refractivity contribution in [3.8, 4) is 0 Å². The highest BCUT2D eigenvalue weighted by Gasteiger charge is 2.34. The normalized spacial score (nSPS) is 19.2. The van der Waals surface area contributed by atoms with Crippen LogP contribution in [0.2, 0.25) is 0 Å². The highest BCUT2D eigenvalue weighted by Crippen LogP contribution is 2.26. The van der Waals surface area contributed by atoms with Crippen LogP contribution in [0.1, 0.15) is 40.5 Å². The van der Waals surface area contributed by atoms with Crippen LogP contribution < -0.4 is 0 Å². The molecule has 1 heterocycles. The van der Waals surface area contributed by atoms with Crippen LogP contribution in [0.25, 0.3) is 0 Å². The topological polar surface area (TPSA) is 42.0 Å². The van der Waals surface area contributed by atoms with Gasteiger partial charge in [0.25, 0.3) is 0 Å². The number of piperidine rings is 1. The molecule has 0 radical (unpaired) electrons. The molecule has 5 heteroatoms. The Kier molecular flexibility index (Phi) is 5.83. The van der Waals surface area contributed by atoms with Crippen LogP contribution in [0.5, 0.6) is 0 Å². The minimum absolute atomic E-state index is 0.117. The average molecular weight is 286 g/mol. The second-order valence-electron chi connectivity index (χ2n) is 7.07. The van der Waals surface area contributed by atoms with E-state index in [-0.39, 0.29) is 11.7 Å². The highest BCUT2D eigenvalue weighted by atomic mass is 16.6. The van der Waals surface area contributed by atoms with Crippen molar-refractivity contribution < 1.29 is 14.3 Å². The molecule has 0 unspecified atom stereocenters. The number of carbonyl (C=O) groups excluding carboxylic acids is 1. The lowest BCUT2D eigenvalue weighted by Gasteiger charge is -2.39. The Morgan fingerprint density at radius 1 is 1.25 bits per heavy atom. The Morgan fingerprint density at radius 3 is 2.25 bits per heavy atom. The van der Waals surface area contributed by atoms with E-state index in [1.54, 1.807) is 4.90 Å². The Labute approximate surface area is 123 Å². The molecule has 0 aromatic carbocycles. The molecule has 1 fully saturated rings. The van der Waals surface area contributed by atoms with Gasteiger partial charge in [-0.3, -0.25) is 0 Å². The van der Waals surface area contributed by atoms with Crippen molar-refractivity contribution in [1.82, 2.24) is 9.80 Å². The van der Waals surface area contributed by atoms with E-state index in [1.807, 2.05) is 34.9 Å². The van der Waals surface area contributed by atoms with Crippen molar-refractivity contribution >= 4 is 6.09 Å². The molecule has 0 spiro atoms. The molecule has 1 amide bonds. The van der Waals surface area contributed by atoms with E-state index in [4.69, 9.17) is 9.47 Å². The summed E-state index contributed by atoms with van der Waals surface area (Å²) >= 11 is 0. The van der Waals surface area contributed by atoms with E-state index in [2.05, 4.69) is 11.8 Å². The van der Waals surface area contributed by atoms with Crippen molar-refractivity contribution in [1.29, 1.82) is 0 Å². The van der Waals surface area contributed by atoms with Crippen LogP contribution in [-0.2, 0) is 9.47 Å². The van der Waals surface area contributed by atoms with Gasteiger partial charge >= 0.3 is 6.09 Å². The Hall–Kier alpha value is -0.810. The molecule has 1 aliphatic heterocycles. The van der Waals surface area contributed by atoms with Gasteiger partial charge in [0.1, 0.15) is 5.60 Å². The highest BCUT2D eigenvalue weighted by molar-refractivity contribution is 5.68. The maximum atomic E-state index is 12.0. The van der Waals surface area contributed by atoms with E-state index in [0.717, 1.165) is 26.0 Å². The van der Waals surface area contributed by atoms with Crippen molar-refractivity contribution in [2.45, 2.75) is 51.7 Å². The summed E-state index contributed by atoms with van der Waals surface area (Å²) < 4.78 is 11.4. The number of ether oxygens (including phenoxy) is 2. The fourth-order valence-corrected chi connectivity index (χ4v) is 2.11. The number of rotatable bonds is 4. The molecule has 1 rings (SSSR count). The van der Waals surface area contributed by atoms with Crippen LogP contribution in [0.3, 0.4) is 0 Å². The summed E-state index contributed by atoms with van der Waals surface area (Å²) in [4.78, 5) is 15.9. The van der Waals surface area contributed by atoms with Crippen molar-refractivity contribution in [3.63, 3.8) is 0 Å². The van der Waals surface area contributed by atoms with Gasteiger partial charge in [0.15, 0.2) is 0 Å². The zero-order chi connectivity index (χ0) is 15.4. The monoisotopic (exact) mass is 286 g/mol. The first-order valence-corrected chi connectivity index (χ1v) is 7.38. The number of amides is 1.